The number of rotatable bonds is 5. The molecule has 2 aliphatic heterocycles. The number of aromatic nitrogens is 2. The first-order valence-corrected chi connectivity index (χ1v) is 14.2. The summed E-state index contributed by atoms with van der Waals surface area (Å²) in [5.41, 5.74) is 2.65. The van der Waals surface area contributed by atoms with Crippen LogP contribution in [0.1, 0.15) is 48.1 Å². The lowest BCUT2D eigenvalue weighted by atomic mass is 9.90. The van der Waals surface area contributed by atoms with E-state index in [-0.39, 0.29) is 11.7 Å². The SMILES string of the molecule is O=c1c2c3c(sc2ncn1CCc1ccccc1)CC(N1CCC(N2CCC(O)CC2)CC1)CC3. The number of likely N-dealkylation sites (tertiary alicyclic amines) is 2. The predicted octanol–water partition coefficient (Wildman–Crippen LogP) is 3.48. The van der Waals surface area contributed by atoms with Gasteiger partial charge in [0, 0.05) is 36.6 Å². The topological polar surface area (TPSA) is 61.6 Å². The van der Waals surface area contributed by atoms with Gasteiger partial charge in [-0.05, 0) is 75.6 Å². The lowest BCUT2D eigenvalue weighted by Gasteiger charge is -2.44. The van der Waals surface area contributed by atoms with E-state index < -0.39 is 0 Å². The molecule has 2 fully saturated rings. The maximum atomic E-state index is 13.4. The third kappa shape index (κ3) is 4.84. The van der Waals surface area contributed by atoms with Crippen molar-refractivity contribution < 1.29 is 5.11 Å². The summed E-state index contributed by atoms with van der Waals surface area (Å²) in [6, 6.07) is 11.6. The van der Waals surface area contributed by atoms with Gasteiger partial charge in [-0.25, -0.2) is 4.98 Å². The molecule has 35 heavy (non-hydrogen) atoms. The second-order valence-electron chi connectivity index (χ2n) is 10.6. The zero-order valence-electron chi connectivity index (χ0n) is 20.4. The molecule has 7 heteroatoms. The van der Waals surface area contributed by atoms with Crippen LogP contribution in [0.3, 0.4) is 0 Å². The highest BCUT2D eigenvalue weighted by Gasteiger charge is 2.33. The minimum atomic E-state index is -0.0912. The highest BCUT2D eigenvalue weighted by atomic mass is 32.1. The van der Waals surface area contributed by atoms with Crippen molar-refractivity contribution in [3.05, 3.63) is 63.0 Å². The van der Waals surface area contributed by atoms with Gasteiger partial charge in [0.25, 0.3) is 5.56 Å². The van der Waals surface area contributed by atoms with E-state index in [9.17, 15) is 9.90 Å². The molecule has 4 heterocycles. The number of piperidine rings is 2. The summed E-state index contributed by atoms with van der Waals surface area (Å²) in [7, 11) is 0. The Hall–Kier alpha value is -2.06. The number of aliphatic hydroxyl groups is 1. The molecule has 0 bridgehead atoms. The second kappa shape index (κ2) is 10.1. The molecule has 186 valence electrons. The smallest absolute Gasteiger partial charge is 0.262 e. The van der Waals surface area contributed by atoms with Crippen LogP contribution in [0.5, 0.6) is 0 Å². The fourth-order valence-corrected chi connectivity index (χ4v) is 7.66. The van der Waals surface area contributed by atoms with Gasteiger partial charge >= 0.3 is 0 Å². The number of thiophene rings is 1. The van der Waals surface area contributed by atoms with Crippen LogP contribution in [-0.4, -0.2) is 68.8 Å². The van der Waals surface area contributed by atoms with E-state index in [4.69, 9.17) is 4.98 Å². The molecule has 1 unspecified atom stereocenters. The molecule has 0 radical (unpaired) electrons. The first-order valence-electron chi connectivity index (χ1n) is 13.4. The van der Waals surface area contributed by atoms with E-state index in [1.54, 1.807) is 22.2 Å². The van der Waals surface area contributed by atoms with Crippen molar-refractivity contribution in [2.24, 2.45) is 0 Å². The maximum Gasteiger partial charge on any atom is 0.262 e. The summed E-state index contributed by atoms with van der Waals surface area (Å²) < 4.78 is 1.80. The number of hydrogen-bond acceptors (Lipinski definition) is 6. The minimum absolute atomic E-state index is 0.0912. The van der Waals surface area contributed by atoms with Gasteiger partial charge in [-0.15, -0.1) is 11.3 Å². The van der Waals surface area contributed by atoms with Gasteiger partial charge in [0.15, 0.2) is 0 Å². The van der Waals surface area contributed by atoms with E-state index in [1.807, 2.05) is 18.2 Å². The summed E-state index contributed by atoms with van der Waals surface area (Å²) in [6.45, 7) is 5.11. The quantitative estimate of drug-likeness (QED) is 0.591. The fraction of sp³-hybridized carbons (Fsp3) is 0.571. The molecule has 0 amide bonds. The summed E-state index contributed by atoms with van der Waals surface area (Å²) in [5.74, 6) is 0. The molecular formula is C28H36N4O2S. The van der Waals surface area contributed by atoms with E-state index in [1.165, 1.54) is 41.9 Å². The van der Waals surface area contributed by atoms with Crippen LogP contribution in [0.4, 0.5) is 0 Å². The molecule has 6 rings (SSSR count). The first-order chi connectivity index (χ1) is 17.2. The zero-order chi connectivity index (χ0) is 23.8. The Bertz CT molecular complexity index is 1210. The molecule has 2 saturated heterocycles. The molecule has 1 atom stereocenters. The van der Waals surface area contributed by atoms with Crippen LogP contribution in [0.15, 0.2) is 41.5 Å². The van der Waals surface area contributed by atoms with Crippen molar-refractivity contribution in [2.45, 2.75) is 76.1 Å². The Labute approximate surface area is 211 Å². The molecule has 1 aromatic carbocycles. The van der Waals surface area contributed by atoms with Crippen LogP contribution in [0.2, 0.25) is 0 Å². The molecule has 0 saturated carbocycles. The van der Waals surface area contributed by atoms with E-state index in [0.29, 0.717) is 18.6 Å². The monoisotopic (exact) mass is 492 g/mol. The first kappa shape index (κ1) is 23.3. The zero-order valence-corrected chi connectivity index (χ0v) is 21.3. The summed E-state index contributed by atoms with van der Waals surface area (Å²) in [5, 5.41) is 10.7. The van der Waals surface area contributed by atoms with E-state index >= 15 is 0 Å². The van der Waals surface area contributed by atoms with Crippen molar-refractivity contribution in [2.75, 3.05) is 26.2 Å². The van der Waals surface area contributed by atoms with Crippen molar-refractivity contribution in [1.29, 1.82) is 0 Å². The third-order valence-corrected chi connectivity index (χ3v) is 9.69. The molecule has 3 aromatic rings. The average Bonchev–Trinajstić information content (AvgIpc) is 3.28. The summed E-state index contributed by atoms with van der Waals surface area (Å²) >= 11 is 1.75. The van der Waals surface area contributed by atoms with Crippen LogP contribution in [0.25, 0.3) is 10.2 Å². The number of nitrogens with zero attached hydrogens (tertiary/aromatic N) is 4. The van der Waals surface area contributed by atoms with Gasteiger partial charge in [0.1, 0.15) is 4.83 Å². The number of fused-ring (bicyclic) bond motifs is 3. The van der Waals surface area contributed by atoms with Gasteiger partial charge in [-0.1, -0.05) is 30.3 Å². The molecule has 1 N–H and O–H groups in total. The number of aryl methyl sites for hydroxylation is 3. The Morgan fingerprint density at radius 3 is 2.43 bits per heavy atom. The molecule has 1 aliphatic carbocycles. The van der Waals surface area contributed by atoms with Gasteiger partial charge < -0.3 is 10.0 Å². The van der Waals surface area contributed by atoms with Gasteiger partial charge in [-0.3, -0.25) is 14.3 Å². The molecule has 3 aliphatic rings. The third-order valence-electron chi connectivity index (χ3n) is 8.52. The average molecular weight is 493 g/mol. The van der Waals surface area contributed by atoms with Gasteiger partial charge in [0.05, 0.1) is 17.8 Å². The number of hydrogen-bond donors (Lipinski definition) is 1. The largest absolute Gasteiger partial charge is 0.393 e. The highest BCUT2D eigenvalue weighted by molar-refractivity contribution is 7.18. The second-order valence-corrected chi connectivity index (χ2v) is 11.7. The Morgan fingerprint density at radius 1 is 0.943 bits per heavy atom. The van der Waals surface area contributed by atoms with Crippen molar-refractivity contribution >= 4 is 21.6 Å². The van der Waals surface area contributed by atoms with Crippen LogP contribution < -0.4 is 5.56 Å². The van der Waals surface area contributed by atoms with E-state index in [0.717, 1.165) is 61.8 Å². The standard InChI is InChI=1S/C28H36N4O2S/c33-23-11-16-30(17-12-23)21-9-14-31(15-10-21)22-6-7-24-25(18-22)35-27-26(24)28(34)32(19-29-27)13-8-20-4-2-1-3-5-20/h1-5,19,21-23,33H,6-18H2. The molecular weight excluding hydrogens is 456 g/mol. The maximum absolute atomic E-state index is 13.4. The van der Waals surface area contributed by atoms with Gasteiger partial charge in [0.2, 0.25) is 0 Å². The predicted molar refractivity (Wildman–Crippen MR) is 141 cm³/mol. The Balaban J connectivity index is 1.12. The number of benzene rings is 1. The minimum Gasteiger partial charge on any atom is -0.393 e. The molecule has 2 aromatic heterocycles. The molecule has 6 nitrogen and oxygen atoms in total. The van der Waals surface area contributed by atoms with Crippen molar-refractivity contribution in [3.63, 3.8) is 0 Å². The van der Waals surface area contributed by atoms with E-state index in [2.05, 4.69) is 21.9 Å². The highest BCUT2D eigenvalue weighted by Crippen LogP contribution is 2.36. The lowest BCUT2D eigenvalue weighted by Crippen LogP contribution is -2.51. The van der Waals surface area contributed by atoms with Crippen LogP contribution >= 0.6 is 11.3 Å². The van der Waals surface area contributed by atoms with Crippen LogP contribution in [0, 0.1) is 0 Å². The molecule has 0 spiro atoms. The normalized spacial score (nSPS) is 23.1. The Kier molecular flexibility index (Phi) is 6.76. The number of aliphatic hydroxyl groups excluding tert-OH is 1. The fourth-order valence-electron chi connectivity index (χ4n) is 6.42. The lowest BCUT2D eigenvalue weighted by molar-refractivity contribution is 0.0301. The van der Waals surface area contributed by atoms with Crippen molar-refractivity contribution in [1.82, 2.24) is 19.4 Å². The van der Waals surface area contributed by atoms with Crippen molar-refractivity contribution in [3.8, 4) is 0 Å². The van der Waals surface area contributed by atoms with Gasteiger partial charge in [-0.2, -0.15) is 0 Å². The summed E-state index contributed by atoms with van der Waals surface area (Å²) in [6.07, 6.45) is 10.0. The van der Waals surface area contributed by atoms with Crippen LogP contribution in [-0.2, 0) is 25.8 Å². The Morgan fingerprint density at radius 2 is 1.66 bits per heavy atom. The summed E-state index contributed by atoms with van der Waals surface area (Å²) in [4.78, 5) is 25.7.